The highest BCUT2D eigenvalue weighted by Crippen LogP contribution is 2.30. The van der Waals surface area contributed by atoms with E-state index < -0.39 is 5.60 Å². The first-order valence-corrected chi connectivity index (χ1v) is 14.4. The molecule has 10 nitrogen and oxygen atoms in total. The molecule has 0 atom stereocenters. The number of fused-ring (bicyclic) bond motifs is 1. The number of hydrogen-bond acceptors (Lipinski definition) is 8. The predicted molar refractivity (Wildman–Crippen MR) is 167 cm³/mol. The number of para-hydroxylation sites is 1. The molecule has 0 bridgehead atoms. The van der Waals surface area contributed by atoms with Gasteiger partial charge in [0.1, 0.15) is 5.75 Å². The highest BCUT2D eigenvalue weighted by molar-refractivity contribution is 6.04. The number of nitrogens with one attached hydrogen (secondary N) is 1. The van der Waals surface area contributed by atoms with Crippen LogP contribution < -0.4 is 15.0 Å². The molecular weight excluding hydrogens is 530 g/mol. The van der Waals surface area contributed by atoms with E-state index in [-0.39, 0.29) is 12.5 Å². The van der Waals surface area contributed by atoms with Gasteiger partial charge >= 0.3 is 0 Å². The number of pyridine rings is 1. The smallest absolute Gasteiger partial charge is 0.258 e. The Morgan fingerprint density at radius 3 is 2.55 bits per heavy atom. The number of rotatable bonds is 10. The van der Waals surface area contributed by atoms with E-state index in [1.54, 1.807) is 39.3 Å². The molecule has 1 amide bonds. The number of likely N-dealkylation sites (N-methyl/N-ethyl adjacent to an activating group) is 1. The Morgan fingerprint density at radius 2 is 1.83 bits per heavy atom. The third kappa shape index (κ3) is 6.89. The van der Waals surface area contributed by atoms with Gasteiger partial charge in [0.25, 0.3) is 5.91 Å². The van der Waals surface area contributed by atoms with E-state index >= 15 is 0 Å². The predicted octanol–water partition coefficient (Wildman–Crippen LogP) is 3.81. The molecule has 4 aromatic rings. The number of aliphatic hydroxyl groups is 1. The topological polar surface area (TPSA) is 99.0 Å². The Labute approximate surface area is 247 Å². The third-order valence-corrected chi connectivity index (χ3v) is 7.51. The molecule has 2 N–H and O–H groups in total. The number of anilines is 2. The molecular formula is C32H41N7O3. The van der Waals surface area contributed by atoms with Gasteiger partial charge < -0.3 is 24.2 Å². The number of imidazole rings is 1. The Hall–Kier alpha value is -3.99. The molecule has 222 valence electrons. The minimum Gasteiger partial charge on any atom is -0.496 e. The number of methoxy groups -OCH3 is 1. The van der Waals surface area contributed by atoms with Gasteiger partial charge in [0.2, 0.25) is 5.95 Å². The molecule has 10 heteroatoms. The van der Waals surface area contributed by atoms with Crippen molar-refractivity contribution >= 4 is 28.6 Å². The number of nitrogens with zero attached hydrogens (tertiary/aromatic N) is 6. The van der Waals surface area contributed by atoms with Crippen LogP contribution in [0, 0.1) is 0 Å². The molecule has 3 heterocycles. The van der Waals surface area contributed by atoms with E-state index in [0.717, 1.165) is 61.6 Å². The summed E-state index contributed by atoms with van der Waals surface area (Å²) >= 11 is 0. The van der Waals surface area contributed by atoms with Gasteiger partial charge in [-0.15, -0.1) is 0 Å². The van der Waals surface area contributed by atoms with Crippen molar-refractivity contribution < 1.29 is 14.6 Å². The number of piperazine rings is 1. The fourth-order valence-electron chi connectivity index (χ4n) is 5.27. The number of carbonyl (C=O) groups is 1. The monoisotopic (exact) mass is 571 g/mol. The fraction of sp³-hybridized carbons (Fsp3) is 0.406. The Morgan fingerprint density at radius 1 is 1.07 bits per heavy atom. The molecule has 5 rings (SSSR count). The molecule has 1 aliphatic rings. The quantitative estimate of drug-likeness (QED) is 0.297. The van der Waals surface area contributed by atoms with Crippen molar-refractivity contribution in [2.45, 2.75) is 26.0 Å². The Kier molecular flexibility index (Phi) is 8.77. The van der Waals surface area contributed by atoms with Gasteiger partial charge in [-0.05, 0) is 70.4 Å². The van der Waals surface area contributed by atoms with Crippen molar-refractivity contribution in [1.82, 2.24) is 24.3 Å². The second kappa shape index (κ2) is 12.5. The highest BCUT2D eigenvalue weighted by Gasteiger charge is 2.23. The van der Waals surface area contributed by atoms with E-state index in [9.17, 15) is 9.90 Å². The number of ether oxygens (including phenoxy) is 1. The van der Waals surface area contributed by atoms with Gasteiger partial charge in [0.05, 0.1) is 36.0 Å². The molecule has 42 heavy (non-hydrogen) atoms. The zero-order valence-electron chi connectivity index (χ0n) is 25.2. The second-order valence-electron chi connectivity index (χ2n) is 11.7. The van der Waals surface area contributed by atoms with Gasteiger partial charge in [-0.1, -0.05) is 12.1 Å². The van der Waals surface area contributed by atoms with Crippen molar-refractivity contribution in [3.8, 4) is 17.0 Å². The summed E-state index contributed by atoms with van der Waals surface area (Å²) in [6.07, 6.45) is 1.61. The maximum atomic E-state index is 13.5. The number of benzene rings is 2. The van der Waals surface area contributed by atoms with Crippen LogP contribution in [0.4, 0.5) is 11.6 Å². The Bertz CT molecular complexity index is 1530. The average Bonchev–Trinajstić information content (AvgIpc) is 3.30. The first kappa shape index (κ1) is 29.5. The normalized spacial score (nSPS) is 14.5. The summed E-state index contributed by atoms with van der Waals surface area (Å²) in [6.45, 7) is 9.81. The molecule has 0 spiro atoms. The van der Waals surface area contributed by atoms with Crippen LogP contribution in [0.3, 0.4) is 0 Å². The van der Waals surface area contributed by atoms with Gasteiger partial charge in [0.15, 0.2) is 0 Å². The van der Waals surface area contributed by atoms with Crippen LogP contribution in [0.15, 0.2) is 60.8 Å². The van der Waals surface area contributed by atoms with Crippen molar-refractivity contribution in [3.05, 3.63) is 66.4 Å². The van der Waals surface area contributed by atoms with Gasteiger partial charge in [-0.2, -0.15) is 0 Å². The minimum atomic E-state index is -1.02. The number of aromatic nitrogens is 3. The van der Waals surface area contributed by atoms with E-state index in [1.807, 2.05) is 34.9 Å². The van der Waals surface area contributed by atoms with Gasteiger partial charge in [-0.3, -0.25) is 20.0 Å². The molecule has 1 fully saturated rings. The fourth-order valence-corrected chi connectivity index (χ4v) is 5.27. The van der Waals surface area contributed by atoms with Crippen LogP contribution in [0.5, 0.6) is 5.75 Å². The number of hydrogen-bond donors (Lipinski definition) is 2. The molecule has 1 aliphatic heterocycles. The summed E-state index contributed by atoms with van der Waals surface area (Å²) in [5.74, 6) is 0.758. The highest BCUT2D eigenvalue weighted by atomic mass is 16.5. The standard InChI is InChI=1S/C32H41N7O3/c1-32(2,41)22-39-28-21-24(38-18-16-37(17-19-38)15-14-36(3)4)10-11-26(28)34-31(39)35-30(40)23-12-13-33-27(20-23)25-8-6-7-9-29(25)42-5/h6-13,20-21,41H,14-19,22H2,1-5H3,(H,34,35,40). The van der Waals surface area contributed by atoms with E-state index in [4.69, 9.17) is 9.72 Å². The second-order valence-corrected chi connectivity index (χ2v) is 11.7. The lowest BCUT2D eigenvalue weighted by molar-refractivity contribution is 0.0630. The van der Waals surface area contributed by atoms with Crippen molar-refractivity contribution in [2.24, 2.45) is 0 Å². The third-order valence-electron chi connectivity index (χ3n) is 7.51. The maximum absolute atomic E-state index is 13.5. The summed E-state index contributed by atoms with van der Waals surface area (Å²) in [7, 11) is 5.82. The lowest BCUT2D eigenvalue weighted by Crippen LogP contribution is -2.48. The first-order chi connectivity index (χ1) is 20.1. The molecule has 0 aliphatic carbocycles. The number of carbonyl (C=O) groups excluding carboxylic acids is 1. The van der Waals surface area contributed by atoms with Crippen LogP contribution >= 0.6 is 0 Å². The molecule has 0 unspecified atom stereocenters. The minimum absolute atomic E-state index is 0.268. The molecule has 2 aromatic heterocycles. The van der Waals surface area contributed by atoms with Gasteiger partial charge in [-0.25, -0.2) is 4.98 Å². The lowest BCUT2D eigenvalue weighted by atomic mass is 10.1. The zero-order chi connectivity index (χ0) is 29.9. The molecule has 0 saturated carbocycles. The summed E-state index contributed by atoms with van der Waals surface area (Å²) in [6, 6.07) is 17.2. The lowest BCUT2D eigenvalue weighted by Gasteiger charge is -2.36. The van der Waals surface area contributed by atoms with Crippen LogP contribution in [0.1, 0.15) is 24.2 Å². The molecule has 2 aromatic carbocycles. The van der Waals surface area contributed by atoms with Crippen LogP contribution in [-0.2, 0) is 6.54 Å². The maximum Gasteiger partial charge on any atom is 0.258 e. The first-order valence-electron chi connectivity index (χ1n) is 14.4. The number of amides is 1. The summed E-state index contributed by atoms with van der Waals surface area (Å²) < 4.78 is 7.38. The van der Waals surface area contributed by atoms with Gasteiger partial charge in [0, 0.05) is 62.3 Å². The summed E-state index contributed by atoms with van der Waals surface area (Å²) in [5.41, 5.74) is 3.60. The average molecular weight is 572 g/mol. The van der Waals surface area contributed by atoms with Crippen LogP contribution in [-0.4, -0.2) is 101 Å². The van der Waals surface area contributed by atoms with Crippen LogP contribution in [0.2, 0.25) is 0 Å². The Balaban J connectivity index is 1.40. The van der Waals surface area contributed by atoms with Crippen LogP contribution in [0.25, 0.3) is 22.3 Å². The van der Waals surface area contributed by atoms with Crippen molar-refractivity contribution in [1.29, 1.82) is 0 Å². The summed E-state index contributed by atoms with van der Waals surface area (Å²) in [5, 5.41) is 13.8. The van der Waals surface area contributed by atoms with Crippen molar-refractivity contribution in [3.63, 3.8) is 0 Å². The van der Waals surface area contributed by atoms with E-state index in [2.05, 4.69) is 51.2 Å². The zero-order valence-corrected chi connectivity index (χ0v) is 25.2. The largest absolute Gasteiger partial charge is 0.496 e. The SMILES string of the molecule is COc1ccccc1-c1cc(C(=O)Nc2nc3ccc(N4CCN(CCN(C)C)CC4)cc3n2CC(C)(C)O)ccn1. The van der Waals surface area contributed by atoms with Crippen molar-refractivity contribution in [2.75, 3.05) is 70.7 Å². The molecule has 0 radical (unpaired) electrons. The molecule has 1 saturated heterocycles. The van der Waals surface area contributed by atoms with E-state index in [1.165, 1.54) is 0 Å². The summed E-state index contributed by atoms with van der Waals surface area (Å²) in [4.78, 5) is 29.8. The van der Waals surface area contributed by atoms with E-state index in [0.29, 0.717) is 23.0 Å².